The minimum atomic E-state index is -0.427. The molecule has 0 saturated heterocycles. The summed E-state index contributed by atoms with van der Waals surface area (Å²) < 4.78 is 0. The monoisotopic (exact) mass is 336 g/mol. The van der Waals surface area contributed by atoms with Gasteiger partial charge >= 0.3 is 6.03 Å². The van der Waals surface area contributed by atoms with E-state index >= 15 is 0 Å². The van der Waals surface area contributed by atoms with Gasteiger partial charge in [0.15, 0.2) is 0 Å². The lowest BCUT2D eigenvalue weighted by Gasteiger charge is -2.28. The number of carbonyl (C=O) groups excluding carboxylic acids is 1. The molecule has 0 bridgehead atoms. The van der Waals surface area contributed by atoms with Crippen molar-refractivity contribution in [2.75, 3.05) is 5.32 Å². The van der Waals surface area contributed by atoms with Crippen molar-refractivity contribution >= 4 is 23.5 Å². The maximum absolute atomic E-state index is 12.2. The Balaban J connectivity index is 1.96. The van der Waals surface area contributed by atoms with Crippen LogP contribution in [0.5, 0.6) is 0 Å². The molecule has 0 heterocycles. The maximum Gasteiger partial charge on any atom is 0.319 e. The van der Waals surface area contributed by atoms with E-state index in [4.69, 9.17) is 0 Å². The number of anilines is 1. The van der Waals surface area contributed by atoms with E-state index < -0.39 is 6.10 Å². The standard InChI is InChI=1S/C18H28N2O2S/c1-12(2)23-11-14-7-6-9-15(13(14)3)19-18(22)20-16-8-4-5-10-17(16)21/h6-7,9,12,16-17,21H,4-5,8,10-11H2,1-3H3,(H2,19,20,22). The van der Waals surface area contributed by atoms with Gasteiger partial charge in [-0.05, 0) is 42.2 Å². The molecule has 4 nitrogen and oxygen atoms in total. The first-order chi connectivity index (χ1) is 11.0. The van der Waals surface area contributed by atoms with Crippen LogP contribution >= 0.6 is 11.8 Å². The molecular formula is C18H28N2O2S. The van der Waals surface area contributed by atoms with Crippen LogP contribution in [0.1, 0.15) is 50.7 Å². The predicted molar refractivity (Wildman–Crippen MR) is 98.0 cm³/mol. The quantitative estimate of drug-likeness (QED) is 0.760. The van der Waals surface area contributed by atoms with Crippen LogP contribution in [-0.4, -0.2) is 28.5 Å². The first-order valence-corrected chi connectivity index (χ1v) is 9.48. The van der Waals surface area contributed by atoms with Crippen LogP contribution in [0.2, 0.25) is 0 Å². The number of benzene rings is 1. The van der Waals surface area contributed by atoms with Gasteiger partial charge in [-0.15, -0.1) is 0 Å². The zero-order valence-electron chi connectivity index (χ0n) is 14.3. The lowest BCUT2D eigenvalue weighted by Crippen LogP contribution is -2.46. The van der Waals surface area contributed by atoms with E-state index in [0.717, 1.165) is 42.7 Å². The summed E-state index contributed by atoms with van der Waals surface area (Å²) in [6, 6.07) is 5.65. The van der Waals surface area contributed by atoms with Gasteiger partial charge in [0.05, 0.1) is 12.1 Å². The highest BCUT2D eigenvalue weighted by molar-refractivity contribution is 7.99. The van der Waals surface area contributed by atoms with Crippen LogP contribution in [0, 0.1) is 6.92 Å². The molecule has 1 aromatic carbocycles. The molecule has 3 N–H and O–H groups in total. The van der Waals surface area contributed by atoms with E-state index in [1.54, 1.807) is 0 Å². The zero-order chi connectivity index (χ0) is 16.8. The molecule has 1 saturated carbocycles. The number of carbonyl (C=O) groups is 1. The number of aliphatic hydroxyl groups excluding tert-OH is 1. The van der Waals surface area contributed by atoms with Crippen molar-refractivity contribution in [1.29, 1.82) is 0 Å². The Morgan fingerprint density at radius 3 is 2.78 bits per heavy atom. The first-order valence-electron chi connectivity index (χ1n) is 8.43. The third kappa shape index (κ3) is 5.43. The van der Waals surface area contributed by atoms with E-state index in [1.165, 1.54) is 5.56 Å². The number of urea groups is 1. The summed E-state index contributed by atoms with van der Waals surface area (Å²) in [5.74, 6) is 0.946. The number of hydrogen-bond donors (Lipinski definition) is 3. The third-order valence-corrected chi connectivity index (χ3v) is 5.46. The van der Waals surface area contributed by atoms with Crippen LogP contribution in [0.25, 0.3) is 0 Å². The molecule has 1 fully saturated rings. The highest BCUT2D eigenvalue weighted by Crippen LogP contribution is 2.25. The second kappa shape index (κ2) is 8.60. The lowest BCUT2D eigenvalue weighted by atomic mass is 9.93. The SMILES string of the molecule is Cc1c(CSC(C)C)cccc1NC(=O)NC1CCCCC1O. The number of rotatable bonds is 5. The van der Waals surface area contributed by atoms with Gasteiger partial charge in [0, 0.05) is 11.4 Å². The molecule has 2 unspecified atom stereocenters. The molecule has 23 heavy (non-hydrogen) atoms. The van der Waals surface area contributed by atoms with Crippen molar-refractivity contribution in [1.82, 2.24) is 5.32 Å². The Kier molecular flexibility index (Phi) is 6.78. The average molecular weight is 337 g/mol. The number of amides is 2. The number of nitrogens with one attached hydrogen (secondary N) is 2. The Hall–Kier alpha value is -1.20. The Labute approximate surface area is 143 Å². The molecule has 1 aliphatic carbocycles. The van der Waals surface area contributed by atoms with Gasteiger partial charge in [0.1, 0.15) is 0 Å². The molecule has 2 amide bonds. The van der Waals surface area contributed by atoms with Gasteiger partial charge in [-0.1, -0.05) is 38.8 Å². The molecule has 0 aromatic heterocycles. The number of thioether (sulfide) groups is 1. The smallest absolute Gasteiger partial charge is 0.319 e. The van der Waals surface area contributed by atoms with E-state index in [-0.39, 0.29) is 12.1 Å². The summed E-state index contributed by atoms with van der Waals surface area (Å²) in [6.45, 7) is 6.41. The van der Waals surface area contributed by atoms with Gasteiger partial charge in [-0.3, -0.25) is 0 Å². The first kappa shape index (κ1) is 18.1. The van der Waals surface area contributed by atoms with Crippen molar-refractivity contribution < 1.29 is 9.90 Å². The molecule has 5 heteroatoms. The van der Waals surface area contributed by atoms with Crippen LogP contribution in [0.3, 0.4) is 0 Å². The summed E-state index contributed by atoms with van der Waals surface area (Å²) in [4.78, 5) is 12.2. The molecule has 0 spiro atoms. The second-order valence-electron chi connectivity index (χ2n) is 6.51. The molecule has 2 atom stereocenters. The van der Waals surface area contributed by atoms with Crippen LogP contribution in [-0.2, 0) is 5.75 Å². The molecular weight excluding hydrogens is 308 g/mol. The Bertz CT molecular complexity index is 534. The van der Waals surface area contributed by atoms with E-state index in [9.17, 15) is 9.90 Å². The van der Waals surface area contributed by atoms with Crippen molar-refractivity contribution in [2.24, 2.45) is 0 Å². The molecule has 0 radical (unpaired) electrons. The van der Waals surface area contributed by atoms with Crippen molar-refractivity contribution in [3.8, 4) is 0 Å². The van der Waals surface area contributed by atoms with Gasteiger partial charge in [0.25, 0.3) is 0 Å². The highest BCUT2D eigenvalue weighted by Gasteiger charge is 2.24. The summed E-state index contributed by atoms with van der Waals surface area (Å²) in [5.41, 5.74) is 3.20. The minimum absolute atomic E-state index is 0.135. The van der Waals surface area contributed by atoms with Gasteiger partial charge in [0.2, 0.25) is 0 Å². The van der Waals surface area contributed by atoms with Gasteiger partial charge < -0.3 is 15.7 Å². The minimum Gasteiger partial charge on any atom is -0.391 e. The fourth-order valence-corrected chi connectivity index (χ4v) is 3.66. The lowest BCUT2D eigenvalue weighted by molar-refractivity contribution is 0.0955. The zero-order valence-corrected chi connectivity index (χ0v) is 15.1. The van der Waals surface area contributed by atoms with Gasteiger partial charge in [-0.25, -0.2) is 4.79 Å². The largest absolute Gasteiger partial charge is 0.391 e. The third-order valence-electron chi connectivity index (χ3n) is 4.31. The van der Waals surface area contributed by atoms with Crippen molar-refractivity contribution in [3.63, 3.8) is 0 Å². The highest BCUT2D eigenvalue weighted by atomic mass is 32.2. The summed E-state index contributed by atoms with van der Waals surface area (Å²) in [6.07, 6.45) is 3.28. The normalized spacial score (nSPS) is 21.3. The Morgan fingerprint density at radius 2 is 2.09 bits per heavy atom. The van der Waals surface area contributed by atoms with Crippen molar-refractivity contribution in [3.05, 3.63) is 29.3 Å². The summed E-state index contributed by atoms with van der Waals surface area (Å²) in [5, 5.41) is 16.4. The topological polar surface area (TPSA) is 61.4 Å². The van der Waals surface area contributed by atoms with Crippen LogP contribution in [0.15, 0.2) is 18.2 Å². The van der Waals surface area contributed by atoms with Crippen LogP contribution in [0.4, 0.5) is 10.5 Å². The second-order valence-corrected chi connectivity index (χ2v) is 8.07. The molecule has 2 rings (SSSR count). The van der Waals surface area contributed by atoms with Crippen LogP contribution < -0.4 is 10.6 Å². The number of aliphatic hydroxyl groups is 1. The number of hydrogen-bond acceptors (Lipinski definition) is 3. The maximum atomic E-state index is 12.2. The Morgan fingerprint density at radius 1 is 1.35 bits per heavy atom. The van der Waals surface area contributed by atoms with Crippen molar-refractivity contribution in [2.45, 2.75) is 69.6 Å². The fraction of sp³-hybridized carbons (Fsp3) is 0.611. The predicted octanol–water partition coefficient (Wildman–Crippen LogP) is 4.06. The van der Waals surface area contributed by atoms with Gasteiger partial charge in [-0.2, -0.15) is 11.8 Å². The average Bonchev–Trinajstić information content (AvgIpc) is 2.50. The summed E-state index contributed by atoms with van der Waals surface area (Å²) in [7, 11) is 0. The molecule has 0 aliphatic heterocycles. The van der Waals surface area contributed by atoms with E-state index in [2.05, 4.69) is 30.5 Å². The molecule has 1 aromatic rings. The van der Waals surface area contributed by atoms with E-state index in [1.807, 2.05) is 30.8 Å². The molecule has 128 valence electrons. The summed E-state index contributed by atoms with van der Waals surface area (Å²) >= 11 is 1.89. The fourth-order valence-electron chi connectivity index (χ4n) is 2.84. The van der Waals surface area contributed by atoms with E-state index in [0.29, 0.717) is 5.25 Å². The molecule has 1 aliphatic rings.